The first-order chi connectivity index (χ1) is 10.0. The standard InChI is InChI=1S/C15H21N3O3/c1-10(17-15(16)20)14(19)18-9-5-7-12(18)11-6-3-4-8-13(11)21-2/h3-4,6,8,10,12H,5,7,9H2,1-2H3,(H3,16,17,20). The number of hydrogen-bond acceptors (Lipinski definition) is 3. The summed E-state index contributed by atoms with van der Waals surface area (Å²) in [7, 11) is 1.62. The molecule has 1 aliphatic rings. The number of hydrogen-bond donors (Lipinski definition) is 2. The van der Waals surface area contributed by atoms with Gasteiger partial charge in [-0.2, -0.15) is 0 Å². The van der Waals surface area contributed by atoms with Crippen molar-refractivity contribution >= 4 is 11.9 Å². The van der Waals surface area contributed by atoms with Crippen molar-refractivity contribution in [2.45, 2.75) is 31.8 Å². The van der Waals surface area contributed by atoms with Gasteiger partial charge in [0.15, 0.2) is 0 Å². The molecule has 1 fully saturated rings. The maximum atomic E-state index is 12.5. The molecule has 0 aliphatic carbocycles. The van der Waals surface area contributed by atoms with Crippen molar-refractivity contribution in [3.8, 4) is 5.75 Å². The quantitative estimate of drug-likeness (QED) is 0.879. The monoisotopic (exact) mass is 291 g/mol. The highest BCUT2D eigenvalue weighted by molar-refractivity contribution is 5.86. The van der Waals surface area contributed by atoms with Gasteiger partial charge in [-0.1, -0.05) is 18.2 Å². The lowest BCUT2D eigenvalue weighted by atomic mass is 10.0. The molecular weight excluding hydrogens is 270 g/mol. The zero-order valence-corrected chi connectivity index (χ0v) is 12.3. The Morgan fingerprint density at radius 2 is 2.14 bits per heavy atom. The van der Waals surface area contributed by atoms with E-state index in [0.29, 0.717) is 6.54 Å². The van der Waals surface area contributed by atoms with Crippen LogP contribution < -0.4 is 15.8 Å². The lowest BCUT2D eigenvalue weighted by Crippen LogP contribution is -2.48. The largest absolute Gasteiger partial charge is 0.496 e. The molecule has 114 valence electrons. The average Bonchev–Trinajstić information content (AvgIpc) is 2.94. The third-order valence-corrected chi connectivity index (χ3v) is 3.76. The van der Waals surface area contributed by atoms with E-state index in [1.165, 1.54) is 0 Å². The fourth-order valence-corrected chi connectivity index (χ4v) is 2.82. The summed E-state index contributed by atoms with van der Waals surface area (Å²) < 4.78 is 5.38. The summed E-state index contributed by atoms with van der Waals surface area (Å²) in [4.78, 5) is 25.2. The van der Waals surface area contributed by atoms with Gasteiger partial charge in [-0.3, -0.25) is 4.79 Å². The number of nitrogens with one attached hydrogen (secondary N) is 1. The lowest BCUT2D eigenvalue weighted by Gasteiger charge is -2.28. The van der Waals surface area contributed by atoms with Gasteiger partial charge < -0.3 is 20.7 Å². The van der Waals surface area contributed by atoms with Crippen LogP contribution in [0.3, 0.4) is 0 Å². The molecule has 1 aromatic carbocycles. The van der Waals surface area contributed by atoms with Crippen LogP contribution in [0.25, 0.3) is 0 Å². The number of nitrogens with zero attached hydrogens (tertiary/aromatic N) is 1. The van der Waals surface area contributed by atoms with Gasteiger partial charge in [0.1, 0.15) is 11.8 Å². The predicted octanol–water partition coefficient (Wildman–Crippen LogP) is 1.42. The Labute approximate surface area is 124 Å². The summed E-state index contributed by atoms with van der Waals surface area (Å²) in [5.74, 6) is 0.653. The number of amides is 3. The van der Waals surface area contributed by atoms with Gasteiger partial charge in [0.05, 0.1) is 13.2 Å². The van der Waals surface area contributed by atoms with Gasteiger partial charge in [0, 0.05) is 12.1 Å². The fourth-order valence-electron chi connectivity index (χ4n) is 2.82. The van der Waals surface area contributed by atoms with E-state index < -0.39 is 12.1 Å². The molecule has 0 radical (unpaired) electrons. The molecule has 1 saturated heterocycles. The topological polar surface area (TPSA) is 84.7 Å². The summed E-state index contributed by atoms with van der Waals surface area (Å²) in [6, 6.07) is 6.36. The Balaban J connectivity index is 2.20. The molecule has 6 nitrogen and oxygen atoms in total. The van der Waals surface area contributed by atoms with Crippen molar-refractivity contribution in [2.75, 3.05) is 13.7 Å². The van der Waals surface area contributed by atoms with Crippen LogP contribution in [0.5, 0.6) is 5.75 Å². The summed E-state index contributed by atoms with van der Waals surface area (Å²) in [6.07, 6.45) is 1.81. The van der Waals surface area contributed by atoms with E-state index in [4.69, 9.17) is 10.5 Å². The number of benzene rings is 1. The van der Waals surface area contributed by atoms with E-state index in [9.17, 15) is 9.59 Å². The average molecular weight is 291 g/mol. The van der Waals surface area contributed by atoms with Crippen LogP contribution in [-0.4, -0.2) is 36.5 Å². The molecule has 3 N–H and O–H groups in total. The minimum absolute atomic E-state index is 0.0224. The van der Waals surface area contributed by atoms with Crippen molar-refractivity contribution in [3.05, 3.63) is 29.8 Å². The Hall–Kier alpha value is -2.24. The van der Waals surface area contributed by atoms with Gasteiger partial charge in [0.25, 0.3) is 0 Å². The maximum absolute atomic E-state index is 12.5. The first-order valence-electron chi connectivity index (χ1n) is 7.04. The normalized spacial score (nSPS) is 19.1. The molecule has 2 rings (SSSR count). The van der Waals surface area contributed by atoms with Crippen LogP contribution >= 0.6 is 0 Å². The van der Waals surface area contributed by atoms with E-state index in [2.05, 4.69) is 5.32 Å². The SMILES string of the molecule is COc1ccccc1C1CCCN1C(=O)C(C)NC(N)=O. The van der Waals surface area contributed by atoms with Gasteiger partial charge in [-0.15, -0.1) is 0 Å². The minimum atomic E-state index is -0.691. The Kier molecular flexibility index (Phi) is 4.67. The first-order valence-corrected chi connectivity index (χ1v) is 7.04. The number of rotatable bonds is 4. The van der Waals surface area contributed by atoms with Gasteiger partial charge in [-0.25, -0.2) is 4.79 Å². The molecule has 0 saturated carbocycles. The van der Waals surface area contributed by atoms with Crippen LogP contribution in [0.1, 0.15) is 31.4 Å². The second-order valence-electron chi connectivity index (χ2n) is 5.16. The molecule has 1 aromatic rings. The van der Waals surface area contributed by atoms with Crippen molar-refractivity contribution in [1.29, 1.82) is 0 Å². The number of nitrogens with two attached hydrogens (primary N) is 1. The Morgan fingerprint density at radius 3 is 2.81 bits per heavy atom. The second-order valence-corrected chi connectivity index (χ2v) is 5.16. The highest BCUT2D eigenvalue weighted by atomic mass is 16.5. The van der Waals surface area contributed by atoms with Crippen molar-refractivity contribution < 1.29 is 14.3 Å². The third-order valence-electron chi connectivity index (χ3n) is 3.76. The number of ether oxygens (including phenoxy) is 1. The minimum Gasteiger partial charge on any atom is -0.496 e. The molecular formula is C15H21N3O3. The van der Waals surface area contributed by atoms with E-state index in [-0.39, 0.29) is 11.9 Å². The van der Waals surface area contributed by atoms with E-state index in [1.807, 2.05) is 24.3 Å². The number of para-hydroxylation sites is 1. The zero-order chi connectivity index (χ0) is 15.4. The molecule has 2 atom stereocenters. The Bertz CT molecular complexity index is 533. The highest BCUT2D eigenvalue weighted by Crippen LogP contribution is 2.37. The molecule has 0 bridgehead atoms. The highest BCUT2D eigenvalue weighted by Gasteiger charge is 2.34. The molecule has 1 aliphatic heterocycles. The number of carbonyl (C=O) groups excluding carboxylic acids is 2. The van der Waals surface area contributed by atoms with E-state index in [1.54, 1.807) is 18.9 Å². The van der Waals surface area contributed by atoms with Gasteiger partial charge >= 0.3 is 6.03 Å². The van der Waals surface area contributed by atoms with Crippen molar-refractivity contribution in [1.82, 2.24) is 10.2 Å². The molecule has 0 spiro atoms. The molecule has 6 heteroatoms. The van der Waals surface area contributed by atoms with E-state index >= 15 is 0 Å². The second kappa shape index (κ2) is 6.47. The predicted molar refractivity (Wildman–Crippen MR) is 78.9 cm³/mol. The van der Waals surface area contributed by atoms with Crippen LogP contribution in [-0.2, 0) is 4.79 Å². The van der Waals surface area contributed by atoms with Crippen LogP contribution in [0, 0.1) is 0 Å². The summed E-state index contributed by atoms with van der Waals surface area (Å²) in [6.45, 7) is 2.32. The lowest BCUT2D eigenvalue weighted by molar-refractivity contribution is -0.133. The molecule has 1 heterocycles. The summed E-state index contributed by atoms with van der Waals surface area (Å²) in [5.41, 5.74) is 6.08. The van der Waals surface area contributed by atoms with E-state index in [0.717, 1.165) is 24.2 Å². The zero-order valence-electron chi connectivity index (χ0n) is 12.3. The van der Waals surface area contributed by atoms with Crippen LogP contribution in [0.2, 0.25) is 0 Å². The van der Waals surface area contributed by atoms with Gasteiger partial charge in [0.2, 0.25) is 5.91 Å². The molecule has 2 unspecified atom stereocenters. The van der Waals surface area contributed by atoms with Crippen LogP contribution in [0.4, 0.5) is 4.79 Å². The van der Waals surface area contributed by atoms with Crippen LogP contribution in [0.15, 0.2) is 24.3 Å². The first kappa shape index (κ1) is 15.2. The number of urea groups is 1. The number of likely N-dealkylation sites (tertiary alicyclic amines) is 1. The molecule has 21 heavy (non-hydrogen) atoms. The van der Waals surface area contributed by atoms with Gasteiger partial charge in [-0.05, 0) is 25.8 Å². The third kappa shape index (κ3) is 3.26. The number of carbonyl (C=O) groups is 2. The number of methoxy groups -OCH3 is 1. The number of primary amides is 1. The molecule has 0 aromatic heterocycles. The van der Waals surface area contributed by atoms with Crippen molar-refractivity contribution in [3.63, 3.8) is 0 Å². The fraction of sp³-hybridized carbons (Fsp3) is 0.467. The summed E-state index contributed by atoms with van der Waals surface area (Å²) in [5, 5.41) is 2.44. The van der Waals surface area contributed by atoms with Crippen molar-refractivity contribution in [2.24, 2.45) is 5.73 Å². The smallest absolute Gasteiger partial charge is 0.312 e. The Morgan fingerprint density at radius 1 is 1.43 bits per heavy atom. The summed E-state index contributed by atoms with van der Waals surface area (Å²) >= 11 is 0. The maximum Gasteiger partial charge on any atom is 0.312 e. The molecule has 3 amide bonds.